The molecule has 110 valence electrons. The maximum absolute atomic E-state index is 11.2. The van der Waals surface area contributed by atoms with Gasteiger partial charge in [-0.2, -0.15) is 0 Å². The van der Waals surface area contributed by atoms with Crippen molar-refractivity contribution in [3.8, 4) is 0 Å². The molecular formula is C13H18Cl2N4O. The van der Waals surface area contributed by atoms with Crippen LogP contribution < -0.4 is 16.8 Å². The number of amides is 2. The molecule has 5 nitrogen and oxygen atoms in total. The summed E-state index contributed by atoms with van der Waals surface area (Å²) in [5.74, 6) is -0.0168. The first-order chi connectivity index (χ1) is 9.19. The molecule has 2 amide bonds. The number of nitrogens with one attached hydrogen (secondary N) is 1. The van der Waals surface area contributed by atoms with Gasteiger partial charge in [0.15, 0.2) is 0 Å². The van der Waals surface area contributed by atoms with Gasteiger partial charge in [-0.25, -0.2) is 4.79 Å². The summed E-state index contributed by atoms with van der Waals surface area (Å²) in [7, 11) is 1.58. The number of carbonyl (C=O) groups is 1. The molecule has 7 heteroatoms. The van der Waals surface area contributed by atoms with Crippen molar-refractivity contribution >= 4 is 35.1 Å². The minimum absolute atomic E-state index is 0.363. The minimum Gasteiger partial charge on any atom is -0.387 e. The standard InChI is InChI=1S/C13H18Cl2N4O/c1-13(2,19-12(17)20)10(11(16)18-3)7-4-5-8(14)9(15)6-7/h4-6,10H,1-3H3,(H2,16,18)(H3,17,19,20). The van der Waals surface area contributed by atoms with Gasteiger partial charge in [-0.15, -0.1) is 0 Å². The topological polar surface area (TPSA) is 93.5 Å². The highest BCUT2D eigenvalue weighted by Crippen LogP contribution is 2.32. The van der Waals surface area contributed by atoms with Gasteiger partial charge < -0.3 is 16.8 Å². The van der Waals surface area contributed by atoms with E-state index in [9.17, 15) is 4.79 Å². The highest BCUT2D eigenvalue weighted by molar-refractivity contribution is 6.42. The van der Waals surface area contributed by atoms with E-state index < -0.39 is 11.6 Å². The molecule has 0 saturated carbocycles. The number of primary amides is 1. The zero-order chi connectivity index (χ0) is 15.5. The average molecular weight is 317 g/mol. The molecule has 0 fully saturated rings. The molecule has 0 bridgehead atoms. The van der Waals surface area contributed by atoms with Gasteiger partial charge in [0.25, 0.3) is 0 Å². The lowest BCUT2D eigenvalue weighted by Crippen LogP contribution is -2.53. The summed E-state index contributed by atoms with van der Waals surface area (Å²) in [5, 5.41) is 3.53. The van der Waals surface area contributed by atoms with Crippen LogP contribution in [0.4, 0.5) is 4.79 Å². The van der Waals surface area contributed by atoms with Gasteiger partial charge in [-0.05, 0) is 31.5 Å². The number of halogens is 2. The fourth-order valence-electron chi connectivity index (χ4n) is 2.17. The fourth-order valence-corrected chi connectivity index (χ4v) is 2.47. The molecule has 0 radical (unpaired) electrons. The first kappa shape index (κ1) is 16.6. The molecule has 0 aromatic heterocycles. The van der Waals surface area contributed by atoms with E-state index in [1.807, 2.05) is 13.8 Å². The Balaban J connectivity index is 3.32. The minimum atomic E-state index is -0.730. The quantitative estimate of drug-likeness (QED) is 0.588. The molecule has 1 rings (SSSR count). The van der Waals surface area contributed by atoms with Gasteiger partial charge >= 0.3 is 6.03 Å². The van der Waals surface area contributed by atoms with E-state index in [2.05, 4.69) is 10.3 Å². The number of amidine groups is 1. The number of aliphatic imine (C=N–C) groups is 1. The lowest BCUT2D eigenvalue weighted by atomic mass is 9.81. The Morgan fingerprint density at radius 1 is 1.30 bits per heavy atom. The number of carbonyl (C=O) groups excluding carboxylic acids is 1. The average Bonchev–Trinajstić information content (AvgIpc) is 2.31. The Bertz CT molecular complexity index is 543. The van der Waals surface area contributed by atoms with Gasteiger partial charge in [-0.3, -0.25) is 4.99 Å². The van der Waals surface area contributed by atoms with Crippen LogP contribution in [0.2, 0.25) is 10.0 Å². The van der Waals surface area contributed by atoms with E-state index in [-0.39, 0.29) is 5.92 Å². The molecule has 1 aromatic carbocycles. The molecule has 1 unspecified atom stereocenters. The molecule has 0 heterocycles. The van der Waals surface area contributed by atoms with Crippen molar-refractivity contribution in [1.29, 1.82) is 0 Å². The van der Waals surface area contributed by atoms with Crippen LogP contribution in [0.15, 0.2) is 23.2 Å². The zero-order valence-electron chi connectivity index (χ0n) is 11.6. The Hall–Kier alpha value is -1.46. The summed E-state index contributed by atoms with van der Waals surface area (Å²) in [5.41, 5.74) is 11.3. The SMILES string of the molecule is CN=C(N)C(c1ccc(Cl)c(Cl)c1)C(C)(C)NC(N)=O. The van der Waals surface area contributed by atoms with E-state index in [1.54, 1.807) is 25.2 Å². The van der Waals surface area contributed by atoms with Crippen molar-refractivity contribution in [3.05, 3.63) is 33.8 Å². The summed E-state index contributed by atoms with van der Waals surface area (Å²) in [6, 6.07) is 4.54. The van der Waals surface area contributed by atoms with E-state index in [1.165, 1.54) is 0 Å². The Morgan fingerprint density at radius 2 is 1.90 bits per heavy atom. The third kappa shape index (κ3) is 3.77. The third-order valence-corrected chi connectivity index (χ3v) is 3.74. The van der Waals surface area contributed by atoms with Crippen molar-refractivity contribution in [2.24, 2.45) is 16.5 Å². The predicted octanol–water partition coefficient (Wildman–Crippen LogP) is 2.51. The van der Waals surface area contributed by atoms with Gasteiger partial charge in [0.05, 0.1) is 21.5 Å². The second-order valence-electron chi connectivity index (χ2n) is 4.97. The first-order valence-corrected chi connectivity index (χ1v) is 6.69. The van der Waals surface area contributed by atoms with Crippen LogP contribution in [-0.4, -0.2) is 24.5 Å². The summed E-state index contributed by atoms with van der Waals surface area (Å²) in [4.78, 5) is 15.2. The number of benzene rings is 1. The summed E-state index contributed by atoms with van der Waals surface area (Å²) in [6.45, 7) is 3.62. The highest BCUT2D eigenvalue weighted by Gasteiger charge is 2.35. The summed E-state index contributed by atoms with van der Waals surface area (Å²) >= 11 is 12.0. The molecule has 0 aliphatic rings. The summed E-state index contributed by atoms with van der Waals surface area (Å²) < 4.78 is 0. The maximum atomic E-state index is 11.2. The van der Waals surface area contributed by atoms with E-state index in [4.69, 9.17) is 34.7 Å². The lowest BCUT2D eigenvalue weighted by Gasteiger charge is -2.34. The zero-order valence-corrected chi connectivity index (χ0v) is 13.1. The lowest BCUT2D eigenvalue weighted by molar-refractivity contribution is 0.236. The highest BCUT2D eigenvalue weighted by atomic mass is 35.5. The molecule has 1 atom stereocenters. The van der Waals surface area contributed by atoms with Gasteiger partial charge in [0.2, 0.25) is 0 Å². The second kappa shape index (κ2) is 6.33. The largest absolute Gasteiger partial charge is 0.387 e. The molecule has 0 aliphatic carbocycles. The van der Waals surface area contributed by atoms with Gasteiger partial charge in [0.1, 0.15) is 5.84 Å². The van der Waals surface area contributed by atoms with Crippen LogP contribution >= 0.6 is 23.2 Å². The van der Waals surface area contributed by atoms with Crippen LogP contribution in [0.5, 0.6) is 0 Å². The Morgan fingerprint density at radius 3 is 2.35 bits per heavy atom. The van der Waals surface area contributed by atoms with E-state index in [0.29, 0.717) is 15.9 Å². The number of nitrogens with zero attached hydrogens (tertiary/aromatic N) is 1. The van der Waals surface area contributed by atoms with Crippen molar-refractivity contribution < 1.29 is 4.79 Å². The van der Waals surface area contributed by atoms with Crippen molar-refractivity contribution in [2.75, 3.05) is 7.05 Å². The van der Waals surface area contributed by atoms with Crippen LogP contribution in [-0.2, 0) is 0 Å². The Kier molecular flexibility index (Phi) is 5.25. The second-order valence-corrected chi connectivity index (χ2v) is 5.78. The fraction of sp³-hybridized carbons (Fsp3) is 0.385. The van der Waals surface area contributed by atoms with E-state index >= 15 is 0 Å². The van der Waals surface area contributed by atoms with Gasteiger partial charge in [0, 0.05) is 7.05 Å². The Labute approximate surface area is 128 Å². The molecule has 0 aliphatic heterocycles. The molecule has 0 saturated heterocycles. The smallest absolute Gasteiger partial charge is 0.312 e. The van der Waals surface area contributed by atoms with Crippen molar-refractivity contribution in [3.63, 3.8) is 0 Å². The number of urea groups is 1. The molecule has 0 spiro atoms. The van der Waals surface area contributed by atoms with Crippen LogP contribution in [0.1, 0.15) is 25.3 Å². The normalized spacial score (nSPS) is 13.9. The monoisotopic (exact) mass is 316 g/mol. The molecule has 5 N–H and O–H groups in total. The molecule has 20 heavy (non-hydrogen) atoms. The van der Waals surface area contributed by atoms with Crippen molar-refractivity contribution in [2.45, 2.75) is 25.3 Å². The van der Waals surface area contributed by atoms with Crippen molar-refractivity contribution in [1.82, 2.24) is 5.32 Å². The number of nitrogens with two attached hydrogens (primary N) is 2. The number of hydrogen-bond acceptors (Lipinski definition) is 2. The third-order valence-electron chi connectivity index (χ3n) is 3.00. The van der Waals surface area contributed by atoms with Crippen LogP contribution in [0, 0.1) is 0 Å². The van der Waals surface area contributed by atoms with Crippen LogP contribution in [0.25, 0.3) is 0 Å². The molecular weight excluding hydrogens is 299 g/mol. The van der Waals surface area contributed by atoms with Gasteiger partial charge in [-0.1, -0.05) is 29.3 Å². The van der Waals surface area contributed by atoms with E-state index in [0.717, 1.165) is 5.56 Å². The summed E-state index contributed by atoms with van der Waals surface area (Å²) in [6.07, 6.45) is 0. The number of rotatable bonds is 4. The van der Waals surface area contributed by atoms with Crippen LogP contribution in [0.3, 0.4) is 0 Å². The number of hydrogen-bond donors (Lipinski definition) is 3. The first-order valence-electron chi connectivity index (χ1n) is 5.93. The predicted molar refractivity (Wildman–Crippen MR) is 83.5 cm³/mol. The maximum Gasteiger partial charge on any atom is 0.312 e. The molecule has 1 aromatic rings.